The molecule has 0 saturated carbocycles. The quantitative estimate of drug-likeness (QED) is 0.817. The Morgan fingerprint density at radius 2 is 1.91 bits per heavy atom. The van der Waals surface area contributed by atoms with Crippen molar-refractivity contribution in [2.75, 3.05) is 32.2 Å². The van der Waals surface area contributed by atoms with Gasteiger partial charge in [-0.25, -0.2) is 9.97 Å². The van der Waals surface area contributed by atoms with Crippen LogP contribution in [-0.2, 0) is 0 Å². The highest BCUT2D eigenvalue weighted by Crippen LogP contribution is 2.22. The van der Waals surface area contributed by atoms with E-state index in [1.54, 1.807) is 26.6 Å². The molecule has 8 heteroatoms. The van der Waals surface area contributed by atoms with Crippen LogP contribution in [0.4, 0.5) is 5.82 Å². The lowest BCUT2D eigenvalue weighted by molar-refractivity contribution is 0.163. The maximum absolute atomic E-state index is 5.87. The molecule has 2 aromatic heterocycles. The molecule has 3 heterocycles. The number of piperidine rings is 1. The molecule has 1 fully saturated rings. The predicted octanol–water partition coefficient (Wildman–Crippen LogP) is 1.33. The van der Waals surface area contributed by atoms with E-state index >= 15 is 0 Å². The molecule has 0 aromatic carbocycles. The van der Waals surface area contributed by atoms with Gasteiger partial charge >= 0.3 is 6.01 Å². The summed E-state index contributed by atoms with van der Waals surface area (Å²) >= 11 is 0. The van der Waals surface area contributed by atoms with Gasteiger partial charge in [0.15, 0.2) is 5.75 Å². The Morgan fingerprint density at radius 1 is 1.09 bits per heavy atom. The standard InChI is InChI=1S/C15H19N5O3/c1-21-12-7-16-15(17-8-12)23-11-4-3-5-20(9-11)13-6-14(22-2)19-10-18-13/h6-8,10-11H,3-5,9H2,1-2H3. The molecule has 122 valence electrons. The number of aromatic nitrogens is 4. The van der Waals surface area contributed by atoms with Gasteiger partial charge in [0.05, 0.1) is 33.2 Å². The van der Waals surface area contributed by atoms with Gasteiger partial charge in [0.25, 0.3) is 0 Å². The summed E-state index contributed by atoms with van der Waals surface area (Å²) in [5.74, 6) is 1.99. The molecule has 0 amide bonds. The predicted molar refractivity (Wildman–Crippen MR) is 83.0 cm³/mol. The first kappa shape index (κ1) is 15.3. The Bertz CT molecular complexity index is 637. The van der Waals surface area contributed by atoms with Gasteiger partial charge < -0.3 is 19.1 Å². The van der Waals surface area contributed by atoms with Crippen molar-refractivity contribution in [3.8, 4) is 17.6 Å². The molecular weight excluding hydrogens is 298 g/mol. The summed E-state index contributed by atoms with van der Waals surface area (Å²) < 4.78 is 16.1. The lowest BCUT2D eigenvalue weighted by atomic mass is 10.1. The highest BCUT2D eigenvalue weighted by atomic mass is 16.5. The summed E-state index contributed by atoms with van der Waals surface area (Å²) in [7, 11) is 3.17. The van der Waals surface area contributed by atoms with Crippen molar-refractivity contribution in [1.82, 2.24) is 19.9 Å². The zero-order valence-corrected chi connectivity index (χ0v) is 13.2. The van der Waals surface area contributed by atoms with E-state index in [-0.39, 0.29) is 6.10 Å². The lowest BCUT2D eigenvalue weighted by Gasteiger charge is -2.33. The van der Waals surface area contributed by atoms with E-state index in [0.29, 0.717) is 17.6 Å². The third-order valence-corrected chi connectivity index (χ3v) is 3.65. The number of hydrogen-bond acceptors (Lipinski definition) is 8. The molecular formula is C15H19N5O3. The van der Waals surface area contributed by atoms with Crippen molar-refractivity contribution in [2.24, 2.45) is 0 Å². The van der Waals surface area contributed by atoms with Crippen LogP contribution in [0.5, 0.6) is 17.6 Å². The molecule has 1 aliphatic rings. The van der Waals surface area contributed by atoms with Crippen molar-refractivity contribution in [3.63, 3.8) is 0 Å². The Hall–Kier alpha value is -2.64. The zero-order chi connectivity index (χ0) is 16.1. The first-order valence-electron chi connectivity index (χ1n) is 7.42. The van der Waals surface area contributed by atoms with E-state index in [4.69, 9.17) is 14.2 Å². The van der Waals surface area contributed by atoms with E-state index in [9.17, 15) is 0 Å². The molecule has 1 atom stereocenters. The number of methoxy groups -OCH3 is 2. The van der Waals surface area contributed by atoms with Crippen molar-refractivity contribution in [2.45, 2.75) is 18.9 Å². The number of nitrogens with zero attached hydrogens (tertiary/aromatic N) is 5. The van der Waals surface area contributed by atoms with Crippen LogP contribution in [0.3, 0.4) is 0 Å². The third kappa shape index (κ3) is 3.77. The summed E-state index contributed by atoms with van der Waals surface area (Å²) in [6.45, 7) is 1.64. The molecule has 8 nitrogen and oxygen atoms in total. The number of anilines is 1. The average Bonchev–Trinajstić information content (AvgIpc) is 2.63. The summed E-state index contributed by atoms with van der Waals surface area (Å²) in [4.78, 5) is 18.8. The Kier molecular flexibility index (Phi) is 4.70. The maximum atomic E-state index is 5.87. The second-order valence-corrected chi connectivity index (χ2v) is 5.15. The minimum Gasteiger partial charge on any atom is -0.494 e. The van der Waals surface area contributed by atoms with Crippen LogP contribution >= 0.6 is 0 Å². The third-order valence-electron chi connectivity index (χ3n) is 3.65. The van der Waals surface area contributed by atoms with Crippen LogP contribution in [0.25, 0.3) is 0 Å². The summed E-state index contributed by atoms with van der Waals surface area (Å²) in [5.41, 5.74) is 0. The van der Waals surface area contributed by atoms with Crippen LogP contribution in [0.15, 0.2) is 24.8 Å². The smallest absolute Gasteiger partial charge is 0.316 e. The van der Waals surface area contributed by atoms with E-state index in [2.05, 4.69) is 24.8 Å². The molecule has 3 rings (SSSR count). The van der Waals surface area contributed by atoms with Crippen LogP contribution in [0.2, 0.25) is 0 Å². The van der Waals surface area contributed by atoms with Gasteiger partial charge in [-0.05, 0) is 12.8 Å². The Labute approximate surface area is 134 Å². The molecule has 1 saturated heterocycles. The zero-order valence-electron chi connectivity index (χ0n) is 13.2. The molecule has 0 N–H and O–H groups in total. The molecule has 2 aromatic rings. The van der Waals surface area contributed by atoms with Gasteiger partial charge in [-0.3, -0.25) is 0 Å². The fourth-order valence-electron chi connectivity index (χ4n) is 2.48. The first-order chi connectivity index (χ1) is 11.3. The van der Waals surface area contributed by atoms with E-state index in [1.165, 1.54) is 6.33 Å². The summed E-state index contributed by atoms with van der Waals surface area (Å²) in [6, 6.07) is 2.18. The highest BCUT2D eigenvalue weighted by Gasteiger charge is 2.23. The van der Waals surface area contributed by atoms with E-state index < -0.39 is 0 Å². The molecule has 0 bridgehead atoms. The van der Waals surface area contributed by atoms with Crippen LogP contribution < -0.4 is 19.1 Å². The number of hydrogen-bond donors (Lipinski definition) is 0. The minimum absolute atomic E-state index is 0.0121. The van der Waals surface area contributed by atoms with Crippen molar-refractivity contribution < 1.29 is 14.2 Å². The molecule has 0 aliphatic carbocycles. The molecule has 23 heavy (non-hydrogen) atoms. The van der Waals surface area contributed by atoms with E-state index in [1.807, 2.05) is 6.07 Å². The SMILES string of the molecule is COc1cnc(OC2CCCN(c3cc(OC)ncn3)C2)nc1. The monoisotopic (exact) mass is 317 g/mol. The highest BCUT2D eigenvalue weighted by molar-refractivity contribution is 5.41. The fourth-order valence-corrected chi connectivity index (χ4v) is 2.48. The van der Waals surface area contributed by atoms with Crippen molar-refractivity contribution >= 4 is 5.82 Å². The normalized spacial score (nSPS) is 17.7. The molecule has 1 aliphatic heterocycles. The van der Waals surface area contributed by atoms with E-state index in [0.717, 1.165) is 31.7 Å². The van der Waals surface area contributed by atoms with Gasteiger partial charge in [0.1, 0.15) is 18.2 Å². The fraction of sp³-hybridized carbons (Fsp3) is 0.467. The van der Waals surface area contributed by atoms with Gasteiger partial charge in [0.2, 0.25) is 5.88 Å². The molecule has 0 spiro atoms. The lowest BCUT2D eigenvalue weighted by Crippen LogP contribution is -2.41. The van der Waals surface area contributed by atoms with Crippen LogP contribution in [-0.4, -0.2) is 53.3 Å². The summed E-state index contributed by atoms with van der Waals surface area (Å²) in [5, 5.41) is 0. The topological polar surface area (TPSA) is 82.5 Å². The second kappa shape index (κ2) is 7.08. The van der Waals surface area contributed by atoms with Crippen LogP contribution in [0, 0.1) is 0 Å². The first-order valence-corrected chi connectivity index (χ1v) is 7.42. The number of ether oxygens (including phenoxy) is 3. The van der Waals surface area contributed by atoms with Gasteiger partial charge in [-0.1, -0.05) is 0 Å². The Balaban J connectivity index is 1.65. The second-order valence-electron chi connectivity index (χ2n) is 5.15. The van der Waals surface area contributed by atoms with Gasteiger partial charge in [-0.2, -0.15) is 9.97 Å². The van der Waals surface area contributed by atoms with Crippen molar-refractivity contribution in [3.05, 3.63) is 24.8 Å². The van der Waals surface area contributed by atoms with Gasteiger partial charge in [-0.15, -0.1) is 0 Å². The summed E-state index contributed by atoms with van der Waals surface area (Å²) in [6.07, 6.45) is 6.67. The minimum atomic E-state index is 0.0121. The average molecular weight is 317 g/mol. The largest absolute Gasteiger partial charge is 0.494 e. The molecule has 0 radical (unpaired) electrons. The molecule has 1 unspecified atom stereocenters. The Morgan fingerprint density at radius 3 is 2.65 bits per heavy atom. The maximum Gasteiger partial charge on any atom is 0.316 e. The van der Waals surface area contributed by atoms with Gasteiger partial charge in [0, 0.05) is 12.6 Å². The number of rotatable bonds is 5. The van der Waals surface area contributed by atoms with Crippen molar-refractivity contribution in [1.29, 1.82) is 0 Å². The van der Waals surface area contributed by atoms with Crippen LogP contribution in [0.1, 0.15) is 12.8 Å².